The first-order chi connectivity index (χ1) is 6.52. The number of nitro groups is 2. The van der Waals surface area contributed by atoms with Gasteiger partial charge in [0.15, 0.2) is 0 Å². The van der Waals surface area contributed by atoms with Crippen LogP contribution in [0.3, 0.4) is 0 Å². The van der Waals surface area contributed by atoms with Crippen LogP contribution in [0.4, 0.5) is 11.4 Å². The minimum Gasteiger partial charge on any atom is -0.288 e. The zero-order chi connectivity index (χ0) is 10.5. The number of ketones is 1. The summed E-state index contributed by atoms with van der Waals surface area (Å²) < 4.78 is 0. The van der Waals surface area contributed by atoms with Crippen LogP contribution in [0.5, 0.6) is 0 Å². The summed E-state index contributed by atoms with van der Waals surface area (Å²) >= 11 is 0. The molecule has 3 rings (SSSR count). The van der Waals surface area contributed by atoms with Crippen LogP contribution in [0.15, 0.2) is 12.1 Å². The van der Waals surface area contributed by atoms with E-state index in [0.29, 0.717) is 0 Å². The second-order valence-corrected chi connectivity index (χ2v) is 2.73. The quantitative estimate of drug-likeness (QED) is 0.524. The number of rotatable bonds is 2. The standard InChI is InChI=1S/C7H2N2O5/c10-7-3-1-4(7)6(9(13)14)5(2-3)8(11)12/h1-2H. The van der Waals surface area contributed by atoms with Crippen LogP contribution in [0.25, 0.3) is 0 Å². The fourth-order valence-corrected chi connectivity index (χ4v) is 1.33. The lowest BCUT2D eigenvalue weighted by Gasteiger charge is -2.12. The molecule has 0 fully saturated rings. The highest BCUT2D eigenvalue weighted by atomic mass is 16.6. The molecular formula is C7H2N2O5. The Balaban J connectivity index is 2.73. The number of nitro benzene ring substituents is 2. The molecule has 0 saturated heterocycles. The molecule has 0 heterocycles. The van der Waals surface area contributed by atoms with Gasteiger partial charge in [0.1, 0.15) is 5.56 Å². The van der Waals surface area contributed by atoms with Gasteiger partial charge >= 0.3 is 11.4 Å². The number of nitrogens with zero attached hydrogens (tertiary/aromatic N) is 2. The lowest BCUT2D eigenvalue weighted by atomic mass is 9.89. The number of benzene rings is 1. The van der Waals surface area contributed by atoms with E-state index >= 15 is 0 Å². The second-order valence-electron chi connectivity index (χ2n) is 2.73. The van der Waals surface area contributed by atoms with Crippen molar-refractivity contribution in [3.63, 3.8) is 0 Å². The molecule has 0 atom stereocenters. The Kier molecular flexibility index (Phi) is 1.39. The van der Waals surface area contributed by atoms with E-state index in [1.54, 1.807) is 0 Å². The summed E-state index contributed by atoms with van der Waals surface area (Å²) in [4.78, 5) is 30.1. The van der Waals surface area contributed by atoms with E-state index < -0.39 is 27.0 Å². The van der Waals surface area contributed by atoms with E-state index in [2.05, 4.69) is 0 Å². The van der Waals surface area contributed by atoms with Gasteiger partial charge in [0.2, 0.25) is 5.78 Å². The second kappa shape index (κ2) is 2.34. The van der Waals surface area contributed by atoms with Crippen LogP contribution in [0, 0.1) is 20.2 Å². The average Bonchev–Trinajstić information content (AvgIpc) is 2.15. The summed E-state index contributed by atoms with van der Waals surface area (Å²) in [5.41, 5.74) is -1.37. The minimum atomic E-state index is -0.908. The summed E-state index contributed by atoms with van der Waals surface area (Å²) in [6.07, 6.45) is 0. The SMILES string of the molecule is O=C1c2cc1c([N+](=O)[O-])c([N+](=O)[O-])c2. The van der Waals surface area contributed by atoms with Crippen LogP contribution in [-0.4, -0.2) is 15.6 Å². The summed E-state index contributed by atoms with van der Waals surface area (Å²) in [5.74, 6) is -0.498. The maximum Gasteiger partial charge on any atom is 0.357 e. The summed E-state index contributed by atoms with van der Waals surface area (Å²) in [6, 6.07) is 2.20. The predicted octanol–water partition coefficient (Wildman–Crippen LogP) is 1.05. The molecule has 2 aliphatic rings. The van der Waals surface area contributed by atoms with Crippen molar-refractivity contribution in [3.05, 3.63) is 43.5 Å². The zero-order valence-corrected chi connectivity index (χ0v) is 6.59. The van der Waals surface area contributed by atoms with E-state index in [9.17, 15) is 25.0 Å². The summed E-state index contributed by atoms with van der Waals surface area (Å²) in [5, 5.41) is 20.9. The molecule has 7 nitrogen and oxygen atoms in total. The van der Waals surface area contributed by atoms with Gasteiger partial charge in [-0.25, -0.2) is 0 Å². The van der Waals surface area contributed by atoms with Gasteiger partial charge in [0, 0.05) is 11.6 Å². The first-order valence-electron chi connectivity index (χ1n) is 3.54. The molecule has 0 amide bonds. The third-order valence-electron chi connectivity index (χ3n) is 1.98. The lowest BCUT2D eigenvalue weighted by Crippen LogP contribution is -2.17. The van der Waals surface area contributed by atoms with Crippen molar-refractivity contribution in [1.82, 2.24) is 0 Å². The Labute approximate surface area is 76.3 Å². The molecule has 1 aromatic rings. The van der Waals surface area contributed by atoms with E-state index in [-0.39, 0.29) is 11.1 Å². The van der Waals surface area contributed by atoms with Gasteiger partial charge in [0.05, 0.1) is 9.85 Å². The van der Waals surface area contributed by atoms with Crippen molar-refractivity contribution < 1.29 is 14.6 Å². The molecule has 0 aromatic heterocycles. The van der Waals surface area contributed by atoms with E-state index in [1.165, 1.54) is 6.07 Å². The van der Waals surface area contributed by atoms with Gasteiger partial charge in [-0.15, -0.1) is 0 Å². The lowest BCUT2D eigenvalue weighted by molar-refractivity contribution is -0.422. The molecular weight excluding hydrogens is 192 g/mol. The first-order valence-corrected chi connectivity index (χ1v) is 3.54. The van der Waals surface area contributed by atoms with Crippen LogP contribution in [0.1, 0.15) is 15.9 Å². The third kappa shape index (κ3) is 0.830. The van der Waals surface area contributed by atoms with Crippen LogP contribution >= 0.6 is 0 Å². The molecule has 0 N–H and O–H groups in total. The molecule has 2 aliphatic carbocycles. The number of hydrogen-bond acceptors (Lipinski definition) is 5. The van der Waals surface area contributed by atoms with Gasteiger partial charge in [-0.3, -0.25) is 25.0 Å². The minimum absolute atomic E-state index is 0.150. The Morgan fingerprint density at radius 2 is 1.71 bits per heavy atom. The molecule has 0 radical (unpaired) electrons. The highest BCUT2D eigenvalue weighted by molar-refractivity contribution is 6.20. The van der Waals surface area contributed by atoms with Crippen LogP contribution in [-0.2, 0) is 0 Å². The van der Waals surface area contributed by atoms with Gasteiger partial charge in [-0.1, -0.05) is 0 Å². The smallest absolute Gasteiger partial charge is 0.288 e. The maximum atomic E-state index is 11.0. The number of carbonyl (C=O) groups is 1. The maximum absolute atomic E-state index is 11.0. The Hall–Kier alpha value is -2.31. The third-order valence-corrected chi connectivity index (χ3v) is 1.98. The van der Waals surface area contributed by atoms with Crippen molar-refractivity contribution >= 4 is 17.2 Å². The molecule has 2 bridgehead atoms. The van der Waals surface area contributed by atoms with Crippen molar-refractivity contribution in [2.75, 3.05) is 0 Å². The zero-order valence-electron chi connectivity index (χ0n) is 6.59. The van der Waals surface area contributed by atoms with Crippen LogP contribution in [0.2, 0.25) is 0 Å². The Bertz CT molecular complexity index is 493. The van der Waals surface area contributed by atoms with Gasteiger partial charge in [-0.2, -0.15) is 0 Å². The number of fused-ring (bicyclic) bond motifs is 2. The fraction of sp³-hybridized carbons (Fsp3) is 0. The molecule has 0 unspecified atom stereocenters. The Morgan fingerprint density at radius 1 is 1.07 bits per heavy atom. The topological polar surface area (TPSA) is 103 Å². The van der Waals surface area contributed by atoms with Gasteiger partial charge in [0.25, 0.3) is 0 Å². The number of hydrogen-bond donors (Lipinski definition) is 0. The van der Waals surface area contributed by atoms with Crippen molar-refractivity contribution in [2.45, 2.75) is 0 Å². The van der Waals surface area contributed by atoms with E-state index in [0.717, 1.165) is 6.07 Å². The van der Waals surface area contributed by atoms with Crippen LogP contribution < -0.4 is 0 Å². The van der Waals surface area contributed by atoms with Gasteiger partial charge in [-0.05, 0) is 6.07 Å². The normalized spacial score (nSPS) is 12.1. The Morgan fingerprint density at radius 3 is 2.14 bits per heavy atom. The van der Waals surface area contributed by atoms with Gasteiger partial charge < -0.3 is 0 Å². The highest BCUT2D eigenvalue weighted by Gasteiger charge is 2.40. The molecule has 14 heavy (non-hydrogen) atoms. The van der Waals surface area contributed by atoms with Crippen molar-refractivity contribution in [1.29, 1.82) is 0 Å². The average molecular weight is 194 g/mol. The summed E-state index contributed by atoms with van der Waals surface area (Å²) in [7, 11) is 0. The molecule has 70 valence electrons. The molecule has 1 aromatic carbocycles. The molecule has 0 aliphatic heterocycles. The van der Waals surface area contributed by atoms with Crippen molar-refractivity contribution in [3.8, 4) is 0 Å². The summed E-state index contributed by atoms with van der Waals surface area (Å²) in [6.45, 7) is 0. The largest absolute Gasteiger partial charge is 0.357 e. The first kappa shape index (κ1) is 8.30. The molecule has 7 heteroatoms. The monoisotopic (exact) mass is 194 g/mol. The fourth-order valence-electron chi connectivity index (χ4n) is 1.33. The predicted molar refractivity (Wildman–Crippen MR) is 43.2 cm³/mol. The highest BCUT2D eigenvalue weighted by Crippen LogP contribution is 2.39. The van der Waals surface area contributed by atoms with E-state index in [1.807, 2.05) is 0 Å². The molecule has 0 saturated carbocycles. The number of carbonyl (C=O) groups excluding carboxylic acids is 1. The van der Waals surface area contributed by atoms with Crippen molar-refractivity contribution in [2.24, 2.45) is 0 Å². The van der Waals surface area contributed by atoms with E-state index in [4.69, 9.17) is 0 Å². The molecule has 0 spiro atoms.